The van der Waals surface area contributed by atoms with Gasteiger partial charge in [0.1, 0.15) is 5.82 Å². The van der Waals surface area contributed by atoms with Crippen LogP contribution in [0.4, 0.5) is 4.39 Å². The largest absolute Gasteiger partial charge is 0.493 e. The molecule has 1 aliphatic rings. The topological polar surface area (TPSA) is 84.9 Å². The summed E-state index contributed by atoms with van der Waals surface area (Å²) in [6.45, 7) is 5.10. The Morgan fingerprint density at radius 2 is 1.73 bits per heavy atom. The molecule has 3 rings (SSSR count). The Bertz CT molecular complexity index is 1100. The molecule has 0 aliphatic carbocycles. The van der Waals surface area contributed by atoms with Crippen LogP contribution in [0.25, 0.3) is 0 Å². The fourth-order valence-electron chi connectivity index (χ4n) is 4.24. The first-order chi connectivity index (χ1) is 15.6. The molecule has 9 heteroatoms. The number of sulfonamides is 1. The van der Waals surface area contributed by atoms with E-state index < -0.39 is 21.7 Å². The van der Waals surface area contributed by atoms with E-state index in [1.54, 1.807) is 26.4 Å². The van der Waals surface area contributed by atoms with Crippen molar-refractivity contribution in [2.45, 2.75) is 31.6 Å². The molecule has 33 heavy (non-hydrogen) atoms. The first-order valence-electron chi connectivity index (χ1n) is 10.9. The highest BCUT2D eigenvalue weighted by atomic mass is 32.2. The molecular formula is C24H31FN2O5S. The number of hydrogen-bond acceptors (Lipinski definition) is 5. The van der Waals surface area contributed by atoms with Gasteiger partial charge in [0, 0.05) is 19.6 Å². The van der Waals surface area contributed by atoms with Gasteiger partial charge in [-0.3, -0.25) is 4.79 Å². The quantitative estimate of drug-likeness (QED) is 0.628. The molecule has 2 atom stereocenters. The Hall–Kier alpha value is -2.65. The number of carbonyl (C=O) groups excluding carboxylic acids is 1. The minimum absolute atomic E-state index is 0.0739. The van der Waals surface area contributed by atoms with Crippen molar-refractivity contribution < 1.29 is 27.1 Å². The van der Waals surface area contributed by atoms with Crippen molar-refractivity contribution in [3.05, 3.63) is 53.3 Å². The third-order valence-corrected chi connectivity index (χ3v) is 7.63. The van der Waals surface area contributed by atoms with Gasteiger partial charge in [0.25, 0.3) is 5.91 Å². The third kappa shape index (κ3) is 5.83. The van der Waals surface area contributed by atoms with Gasteiger partial charge in [-0.25, -0.2) is 12.8 Å². The van der Waals surface area contributed by atoms with E-state index in [9.17, 15) is 17.6 Å². The Morgan fingerprint density at radius 3 is 2.36 bits per heavy atom. The fourth-order valence-corrected chi connectivity index (χ4v) is 5.95. The van der Waals surface area contributed by atoms with E-state index in [1.807, 2.05) is 19.9 Å². The number of nitrogens with one attached hydrogen (secondary N) is 1. The van der Waals surface area contributed by atoms with Crippen LogP contribution in [0.2, 0.25) is 0 Å². The van der Waals surface area contributed by atoms with Crippen LogP contribution in [0.3, 0.4) is 0 Å². The SMILES string of the molecule is COc1ccc(CCNC(=O)c2cc(S(=O)(=O)N3CC(C)CC(C)C3)ccc2F)cc1OC. The molecule has 0 saturated carbocycles. The average Bonchev–Trinajstić information content (AvgIpc) is 2.78. The molecule has 1 N–H and O–H groups in total. The van der Waals surface area contributed by atoms with Crippen molar-refractivity contribution in [1.29, 1.82) is 0 Å². The number of benzene rings is 2. The Morgan fingerprint density at radius 1 is 1.06 bits per heavy atom. The van der Waals surface area contributed by atoms with E-state index >= 15 is 0 Å². The monoisotopic (exact) mass is 478 g/mol. The summed E-state index contributed by atoms with van der Waals surface area (Å²) in [6.07, 6.45) is 1.44. The lowest BCUT2D eigenvalue weighted by atomic mass is 9.94. The number of carbonyl (C=O) groups is 1. The smallest absolute Gasteiger partial charge is 0.254 e. The van der Waals surface area contributed by atoms with Crippen molar-refractivity contribution in [3.8, 4) is 11.5 Å². The van der Waals surface area contributed by atoms with E-state index in [4.69, 9.17) is 9.47 Å². The Kier molecular flexibility index (Phi) is 7.97. The number of piperidine rings is 1. The van der Waals surface area contributed by atoms with Crippen LogP contribution in [0.5, 0.6) is 11.5 Å². The number of rotatable bonds is 8. The van der Waals surface area contributed by atoms with Crippen LogP contribution in [0.15, 0.2) is 41.3 Å². The molecular weight excluding hydrogens is 447 g/mol. The van der Waals surface area contributed by atoms with Crippen LogP contribution in [0, 0.1) is 17.7 Å². The van der Waals surface area contributed by atoms with Gasteiger partial charge in [-0.2, -0.15) is 4.31 Å². The molecule has 2 aromatic carbocycles. The van der Waals surface area contributed by atoms with Crippen LogP contribution >= 0.6 is 0 Å². The molecule has 7 nitrogen and oxygen atoms in total. The standard InChI is InChI=1S/C24H31FN2O5S/c1-16-11-17(2)15-27(14-16)33(29,30)19-6-7-21(25)20(13-19)24(28)26-10-9-18-5-8-22(31-3)23(12-18)32-4/h5-8,12-13,16-17H,9-11,14-15H2,1-4H3,(H,26,28). The molecule has 0 aromatic heterocycles. The minimum Gasteiger partial charge on any atom is -0.493 e. The van der Waals surface area contributed by atoms with Crippen molar-refractivity contribution in [3.63, 3.8) is 0 Å². The highest BCUT2D eigenvalue weighted by Gasteiger charge is 2.32. The van der Waals surface area contributed by atoms with E-state index in [2.05, 4.69) is 5.32 Å². The first-order valence-corrected chi connectivity index (χ1v) is 12.4. The van der Waals surface area contributed by atoms with Gasteiger partial charge in [-0.1, -0.05) is 19.9 Å². The molecule has 2 unspecified atom stereocenters. The molecule has 1 fully saturated rings. The summed E-state index contributed by atoms with van der Waals surface area (Å²) in [5, 5.41) is 2.67. The van der Waals surface area contributed by atoms with Gasteiger partial charge in [0.15, 0.2) is 11.5 Å². The number of nitrogens with zero attached hydrogens (tertiary/aromatic N) is 1. The maximum Gasteiger partial charge on any atom is 0.254 e. The maximum absolute atomic E-state index is 14.4. The number of ether oxygens (including phenoxy) is 2. The van der Waals surface area contributed by atoms with Crippen LogP contribution in [-0.4, -0.2) is 52.5 Å². The maximum atomic E-state index is 14.4. The van der Waals surface area contributed by atoms with Crippen LogP contribution in [-0.2, 0) is 16.4 Å². The van der Waals surface area contributed by atoms with Gasteiger partial charge >= 0.3 is 0 Å². The molecule has 0 spiro atoms. The molecule has 0 radical (unpaired) electrons. The van der Waals surface area contributed by atoms with Gasteiger partial charge in [0.2, 0.25) is 10.0 Å². The van der Waals surface area contributed by atoms with Crippen molar-refractivity contribution >= 4 is 15.9 Å². The summed E-state index contributed by atoms with van der Waals surface area (Å²) in [4.78, 5) is 12.6. The molecule has 1 aliphatic heterocycles. The zero-order valence-electron chi connectivity index (χ0n) is 19.4. The number of amides is 1. The van der Waals surface area contributed by atoms with Crippen molar-refractivity contribution in [2.75, 3.05) is 33.9 Å². The predicted molar refractivity (Wildman–Crippen MR) is 124 cm³/mol. The summed E-state index contributed by atoms with van der Waals surface area (Å²) in [5.41, 5.74) is 0.611. The van der Waals surface area contributed by atoms with Crippen molar-refractivity contribution in [2.24, 2.45) is 11.8 Å². The second-order valence-corrected chi connectivity index (χ2v) is 10.5. The molecule has 2 aromatic rings. The van der Waals surface area contributed by atoms with E-state index in [0.29, 0.717) is 31.0 Å². The summed E-state index contributed by atoms with van der Waals surface area (Å²) in [6, 6.07) is 8.80. The second kappa shape index (κ2) is 10.5. The second-order valence-electron chi connectivity index (χ2n) is 8.60. The zero-order chi connectivity index (χ0) is 24.2. The summed E-state index contributed by atoms with van der Waals surface area (Å²) >= 11 is 0. The van der Waals surface area contributed by atoms with Gasteiger partial charge < -0.3 is 14.8 Å². The zero-order valence-corrected chi connectivity index (χ0v) is 20.2. The van der Waals surface area contributed by atoms with E-state index in [-0.39, 0.29) is 28.8 Å². The van der Waals surface area contributed by atoms with Crippen LogP contribution in [0.1, 0.15) is 36.2 Å². The highest BCUT2D eigenvalue weighted by Crippen LogP contribution is 2.28. The van der Waals surface area contributed by atoms with Gasteiger partial charge in [-0.05, 0) is 60.6 Å². The Balaban J connectivity index is 1.71. The van der Waals surface area contributed by atoms with Crippen LogP contribution < -0.4 is 14.8 Å². The summed E-state index contributed by atoms with van der Waals surface area (Å²) < 4.78 is 52.6. The molecule has 1 heterocycles. The number of methoxy groups -OCH3 is 2. The minimum atomic E-state index is -3.82. The third-order valence-electron chi connectivity index (χ3n) is 5.80. The summed E-state index contributed by atoms with van der Waals surface area (Å²) in [5.74, 6) is 0.226. The lowest BCUT2D eigenvalue weighted by molar-refractivity contribution is 0.0950. The lowest BCUT2D eigenvalue weighted by Gasteiger charge is -2.34. The lowest BCUT2D eigenvalue weighted by Crippen LogP contribution is -2.42. The fraction of sp³-hybridized carbons (Fsp3) is 0.458. The first kappa shape index (κ1) is 25.0. The van der Waals surface area contributed by atoms with E-state index in [1.165, 1.54) is 10.4 Å². The molecule has 0 bridgehead atoms. The number of hydrogen-bond donors (Lipinski definition) is 1. The average molecular weight is 479 g/mol. The van der Waals surface area contributed by atoms with E-state index in [0.717, 1.165) is 24.1 Å². The van der Waals surface area contributed by atoms with Gasteiger partial charge in [-0.15, -0.1) is 0 Å². The predicted octanol–water partition coefficient (Wildman–Crippen LogP) is 3.48. The number of halogens is 1. The molecule has 1 saturated heterocycles. The van der Waals surface area contributed by atoms with Crippen molar-refractivity contribution in [1.82, 2.24) is 9.62 Å². The highest BCUT2D eigenvalue weighted by molar-refractivity contribution is 7.89. The molecule has 1 amide bonds. The molecule has 180 valence electrons. The normalized spacial score (nSPS) is 19.2. The van der Waals surface area contributed by atoms with Gasteiger partial charge in [0.05, 0.1) is 24.7 Å². The Labute approximate surface area is 194 Å². The summed E-state index contributed by atoms with van der Waals surface area (Å²) in [7, 11) is -0.729.